The van der Waals surface area contributed by atoms with E-state index in [2.05, 4.69) is 6.58 Å². The molecule has 1 rings (SSSR count). The van der Waals surface area contributed by atoms with Gasteiger partial charge in [-0.25, -0.2) is 17.2 Å². The fraction of sp³-hybridized carbons (Fsp3) is 0.250. The number of benzene rings is 1. The third-order valence-corrected chi connectivity index (χ3v) is 3.93. The molecule has 0 aromatic heterocycles. The largest absolute Gasteiger partial charge is 0.480 e. The molecule has 1 aromatic carbocycles. The van der Waals surface area contributed by atoms with Crippen molar-refractivity contribution in [3.05, 3.63) is 42.5 Å². The van der Waals surface area contributed by atoms with Crippen LogP contribution in [-0.2, 0) is 14.8 Å². The SMILES string of the molecule is C=CCC(NS(=O)(=O)c1ccc(C(F)F)cc1)C(=O)O. The van der Waals surface area contributed by atoms with Gasteiger partial charge in [0.15, 0.2) is 0 Å². The number of hydrogen-bond donors (Lipinski definition) is 2. The van der Waals surface area contributed by atoms with Crippen LogP contribution in [0, 0.1) is 0 Å². The monoisotopic (exact) mass is 305 g/mol. The Kier molecular flexibility index (Phi) is 5.34. The predicted molar refractivity (Wildman–Crippen MR) is 68.0 cm³/mol. The molecule has 0 fully saturated rings. The van der Waals surface area contributed by atoms with E-state index in [0.717, 1.165) is 24.3 Å². The molecular formula is C12H13F2NO4S. The molecule has 8 heteroatoms. The Balaban J connectivity index is 2.98. The van der Waals surface area contributed by atoms with Gasteiger partial charge in [-0.3, -0.25) is 4.79 Å². The van der Waals surface area contributed by atoms with Crippen LogP contribution in [0.15, 0.2) is 41.8 Å². The minimum absolute atomic E-state index is 0.0936. The van der Waals surface area contributed by atoms with Crippen molar-refractivity contribution in [1.82, 2.24) is 4.72 Å². The first kappa shape index (κ1) is 16.3. The van der Waals surface area contributed by atoms with Crippen LogP contribution in [0.3, 0.4) is 0 Å². The maximum absolute atomic E-state index is 12.4. The summed E-state index contributed by atoms with van der Waals surface area (Å²) in [5.74, 6) is -1.35. The van der Waals surface area contributed by atoms with Crippen LogP contribution in [0.2, 0.25) is 0 Å². The second kappa shape index (κ2) is 6.58. The Bertz CT molecular complexity index is 584. The molecule has 0 spiro atoms. The van der Waals surface area contributed by atoms with Crippen LogP contribution < -0.4 is 4.72 Å². The molecule has 2 N–H and O–H groups in total. The molecule has 1 atom stereocenters. The smallest absolute Gasteiger partial charge is 0.322 e. The van der Waals surface area contributed by atoms with Crippen LogP contribution in [0.1, 0.15) is 18.4 Å². The maximum atomic E-state index is 12.4. The van der Waals surface area contributed by atoms with Crippen molar-refractivity contribution in [2.45, 2.75) is 23.8 Å². The minimum Gasteiger partial charge on any atom is -0.480 e. The van der Waals surface area contributed by atoms with Gasteiger partial charge in [-0.1, -0.05) is 18.2 Å². The number of rotatable bonds is 7. The van der Waals surface area contributed by atoms with E-state index in [4.69, 9.17) is 5.11 Å². The molecule has 0 heterocycles. The molecule has 110 valence electrons. The molecule has 1 aromatic rings. The third kappa shape index (κ3) is 4.10. The summed E-state index contributed by atoms with van der Waals surface area (Å²) < 4.78 is 50.5. The van der Waals surface area contributed by atoms with Gasteiger partial charge in [0.2, 0.25) is 10.0 Å². The van der Waals surface area contributed by atoms with Crippen LogP contribution in [-0.4, -0.2) is 25.5 Å². The van der Waals surface area contributed by atoms with E-state index in [1.165, 1.54) is 6.08 Å². The second-order valence-corrected chi connectivity index (χ2v) is 5.62. The van der Waals surface area contributed by atoms with Crippen molar-refractivity contribution in [2.75, 3.05) is 0 Å². The molecule has 0 aliphatic rings. The summed E-state index contributed by atoms with van der Waals surface area (Å²) in [5.41, 5.74) is -0.315. The number of alkyl halides is 2. The van der Waals surface area contributed by atoms with Gasteiger partial charge in [-0.2, -0.15) is 4.72 Å². The lowest BCUT2D eigenvalue weighted by atomic mass is 10.2. The lowest BCUT2D eigenvalue weighted by Gasteiger charge is -2.13. The van der Waals surface area contributed by atoms with Gasteiger partial charge >= 0.3 is 5.97 Å². The summed E-state index contributed by atoms with van der Waals surface area (Å²) in [5, 5.41) is 8.86. The van der Waals surface area contributed by atoms with Crippen molar-refractivity contribution < 1.29 is 27.1 Å². The van der Waals surface area contributed by atoms with E-state index < -0.39 is 28.5 Å². The topological polar surface area (TPSA) is 83.5 Å². The van der Waals surface area contributed by atoms with E-state index in [1.54, 1.807) is 0 Å². The Labute approximate surface area is 115 Å². The van der Waals surface area contributed by atoms with E-state index in [1.807, 2.05) is 4.72 Å². The van der Waals surface area contributed by atoms with Crippen molar-refractivity contribution in [3.8, 4) is 0 Å². The zero-order chi connectivity index (χ0) is 15.3. The summed E-state index contributed by atoms with van der Waals surface area (Å²) >= 11 is 0. The Hall–Kier alpha value is -1.80. The van der Waals surface area contributed by atoms with Crippen molar-refractivity contribution in [1.29, 1.82) is 0 Å². The standard InChI is InChI=1S/C12H13F2NO4S/c1-2-3-10(12(16)17)15-20(18,19)9-6-4-8(5-7-9)11(13)14/h2,4-7,10-11,15H,1,3H2,(H,16,17). The first-order chi connectivity index (χ1) is 9.27. The van der Waals surface area contributed by atoms with Crippen molar-refractivity contribution >= 4 is 16.0 Å². The number of sulfonamides is 1. The Morgan fingerprint density at radius 2 is 1.90 bits per heavy atom. The number of aliphatic carboxylic acids is 1. The van der Waals surface area contributed by atoms with E-state index in [0.29, 0.717) is 0 Å². The maximum Gasteiger partial charge on any atom is 0.322 e. The lowest BCUT2D eigenvalue weighted by Crippen LogP contribution is -2.40. The minimum atomic E-state index is -4.09. The quantitative estimate of drug-likeness (QED) is 0.754. The molecule has 20 heavy (non-hydrogen) atoms. The number of carboxylic acid groups (broad SMARTS) is 1. The fourth-order valence-electron chi connectivity index (χ4n) is 1.41. The number of carboxylic acids is 1. The van der Waals surface area contributed by atoms with Gasteiger partial charge in [0.05, 0.1) is 4.90 Å². The highest BCUT2D eigenvalue weighted by Crippen LogP contribution is 2.20. The van der Waals surface area contributed by atoms with Crippen molar-refractivity contribution in [2.24, 2.45) is 0 Å². The van der Waals surface area contributed by atoms with Gasteiger partial charge in [-0.05, 0) is 18.6 Å². The van der Waals surface area contributed by atoms with Gasteiger partial charge in [0, 0.05) is 5.56 Å². The molecule has 1 unspecified atom stereocenters. The van der Waals surface area contributed by atoms with Crippen LogP contribution in [0.25, 0.3) is 0 Å². The zero-order valence-corrected chi connectivity index (χ0v) is 11.1. The summed E-state index contributed by atoms with van der Waals surface area (Å²) in [6.07, 6.45) is -1.53. The van der Waals surface area contributed by atoms with E-state index in [9.17, 15) is 22.0 Å². The van der Waals surface area contributed by atoms with E-state index in [-0.39, 0.29) is 16.9 Å². The van der Waals surface area contributed by atoms with Crippen molar-refractivity contribution in [3.63, 3.8) is 0 Å². The van der Waals surface area contributed by atoms with Gasteiger partial charge < -0.3 is 5.11 Å². The summed E-state index contributed by atoms with van der Waals surface area (Å²) in [7, 11) is -4.09. The molecule has 5 nitrogen and oxygen atoms in total. The molecule has 0 saturated carbocycles. The summed E-state index contributed by atoms with van der Waals surface area (Å²) in [6, 6.07) is 2.59. The first-order valence-electron chi connectivity index (χ1n) is 5.52. The summed E-state index contributed by atoms with van der Waals surface area (Å²) in [4.78, 5) is 10.6. The van der Waals surface area contributed by atoms with Crippen LogP contribution in [0.4, 0.5) is 8.78 Å². The van der Waals surface area contributed by atoms with E-state index >= 15 is 0 Å². The lowest BCUT2D eigenvalue weighted by molar-refractivity contribution is -0.138. The number of halogens is 2. The van der Waals surface area contributed by atoms with Gasteiger partial charge in [0.1, 0.15) is 6.04 Å². The van der Waals surface area contributed by atoms with Gasteiger partial charge in [0.25, 0.3) is 6.43 Å². The normalized spacial score (nSPS) is 13.2. The second-order valence-electron chi connectivity index (χ2n) is 3.91. The highest BCUT2D eigenvalue weighted by Gasteiger charge is 2.24. The average molecular weight is 305 g/mol. The predicted octanol–water partition coefficient (Wildman–Crippen LogP) is 1.93. The molecular weight excluding hydrogens is 292 g/mol. The molecule has 0 bridgehead atoms. The highest BCUT2D eigenvalue weighted by molar-refractivity contribution is 7.89. The average Bonchev–Trinajstić information content (AvgIpc) is 2.38. The molecule has 0 saturated heterocycles. The summed E-state index contributed by atoms with van der Waals surface area (Å²) in [6.45, 7) is 3.34. The molecule has 0 amide bonds. The third-order valence-electron chi connectivity index (χ3n) is 2.44. The molecule has 0 radical (unpaired) electrons. The Morgan fingerprint density at radius 3 is 2.30 bits per heavy atom. The highest BCUT2D eigenvalue weighted by atomic mass is 32.2. The number of carbonyl (C=O) groups is 1. The van der Waals surface area contributed by atoms with Crippen LogP contribution >= 0.6 is 0 Å². The number of hydrogen-bond acceptors (Lipinski definition) is 3. The van der Waals surface area contributed by atoms with Gasteiger partial charge in [-0.15, -0.1) is 6.58 Å². The number of nitrogens with one attached hydrogen (secondary N) is 1. The zero-order valence-electron chi connectivity index (χ0n) is 10.3. The first-order valence-corrected chi connectivity index (χ1v) is 7.00. The Morgan fingerprint density at radius 1 is 1.35 bits per heavy atom. The fourth-order valence-corrected chi connectivity index (χ4v) is 2.62. The van der Waals surface area contributed by atoms with Crippen LogP contribution in [0.5, 0.6) is 0 Å². The molecule has 0 aliphatic heterocycles. The molecule has 0 aliphatic carbocycles.